The quantitative estimate of drug-likeness (QED) is 0.386. The highest BCUT2D eigenvalue weighted by Crippen LogP contribution is 2.27. The van der Waals surface area contributed by atoms with Gasteiger partial charge >= 0.3 is 0 Å². The summed E-state index contributed by atoms with van der Waals surface area (Å²) in [5.74, 6) is 0.341. The van der Waals surface area contributed by atoms with E-state index >= 15 is 0 Å². The van der Waals surface area contributed by atoms with Crippen LogP contribution in [0, 0.1) is 11.3 Å². The number of hydrogen-bond acceptors (Lipinski definition) is 7. The molecular weight excluding hydrogens is 428 g/mol. The van der Waals surface area contributed by atoms with Crippen molar-refractivity contribution in [2.24, 2.45) is 0 Å². The Morgan fingerprint density at radius 2 is 1.88 bits per heavy atom. The molecule has 1 amide bonds. The van der Waals surface area contributed by atoms with E-state index in [1.165, 1.54) is 25.5 Å². The van der Waals surface area contributed by atoms with Gasteiger partial charge in [-0.3, -0.25) is 9.78 Å². The number of amides is 1. The topological polar surface area (TPSA) is 120 Å². The number of imidazole rings is 1. The van der Waals surface area contributed by atoms with E-state index in [4.69, 9.17) is 5.10 Å². The number of benzene rings is 1. The van der Waals surface area contributed by atoms with E-state index < -0.39 is 0 Å². The van der Waals surface area contributed by atoms with Crippen molar-refractivity contribution in [3.63, 3.8) is 0 Å². The lowest BCUT2D eigenvalue weighted by Crippen LogP contribution is -2.24. The van der Waals surface area contributed by atoms with Gasteiger partial charge in [0, 0.05) is 35.9 Å². The number of carbonyl (C=O) groups excluding carboxylic acids is 1. The molecule has 0 radical (unpaired) electrons. The summed E-state index contributed by atoms with van der Waals surface area (Å²) in [6.07, 6.45) is 10.6. The van der Waals surface area contributed by atoms with E-state index in [0.717, 1.165) is 18.5 Å². The molecule has 0 unspecified atom stereocenters. The van der Waals surface area contributed by atoms with Crippen LogP contribution in [0.3, 0.4) is 0 Å². The number of aromatic nitrogens is 4. The lowest BCUT2D eigenvalue weighted by atomic mass is 9.95. The molecule has 0 spiro atoms. The molecule has 3 aromatic heterocycles. The van der Waals surface area contributed by atoms with Crippen molar-refractivity contribution in [3.05, 3.63) is 72.3 Å². The first kappa shape index (κ1) is 21.4. The molecule has 0 saturated heterocycles. The third-order valence-electron chi connectivity index (χ3n) is 5.87. The van der Waals surface area contributed by atoms with Gasteiger partial charge in [0.05, 0.1) is 23.5 Å². The second-order valence-corrected chi connectivity index (χ2v) is 8.31. The number of carbonyl (C=O) groups is 1. The minimum absolute atomic E-state index is 0.313. The van der Waals surface area contributed by atoms with Crippen molar-refractivity contribution in [1.29, 1.82) is 5.26 Å². The molecule has 0 aliphatic heterocycles. The molecule has 1 aromatic carbocycles. The fraction of sp³-hybridized carbons (Fsp3) is 0.240. The van der Waals surface area contributed by atoms with Crippen LogP contribution in [-0.2, 0) is 0 Å². The van der Waals surface area contributed by atoms with E-state index in [1.54, 1.807) is 41.2 Å². The SMILES string of the molecule is N#Cc1cccc(Nc2cc(NC3CCCCC3)nn3c(C(=O)Nc4ccncc4)cnc23)c1. The Bertz CT molecular complexity index is 1350. The standard InChI is InChI=1S/C25H24N8O/c26-15-17-5-4-8-20(13-17)29-21-14-23(30-18-6-2-1-3-7-18)32-33-22(16-28-24(21)33)25(34)31-19-9-11-27-12-10-19/h4-5,8-14,16,18,29H,1-3,6-7H2,(H,30,32)(H,27,31,34). The molecule has 1 fully saturated rings. The molecule has 0 bridgehead atoms. The average molecular weight is 453 g/mol. The molecule has 9 nitrogen and oxygen atoms in total. The van der Waals surface area contributed by atoms with Crippen LogP contribution in [0.4, 0.5) is 22.9 Å². The van der Waals surface area contributed by atoms with Crippen LogP contribution in [0.1, 0.15) is 48.2 Å². The largest absolute Gasteiger partial charge is 0.366 e. The number of pyridine rings is 1. The van der Waals surface area contributed by atoms with Gasteiger partial charge in [-0.1, -0.05) is 25.3 Å². The van der Waals surface area contributed by atoms with Gasteiger partial charge in [-0.05, 0) is 43.2 Å². The molecule has 170 valence electrons. The minimum atomic E-state index is -0.321. The molecule has 1 aliphatic carbocycles. The first-order valence-electron chi connectivity index (χ1n) is 11.3. The minimum Gasteiger partial charge on any atom is -0.366 e. The zero-order valence-electron chi connectivity index (χ0n) is 18.5. The molecule has 0 atom stereocenters. The van der Waals surface area contributed by atoms with Gasteiger partial charge in [-0.25, -0.2) is 9.50 Å². The number of nitrogens with zero attached hydrogens (tertiary/aromatic N) is 5. The number of hydrogen-bond donors (Lipinski definition) is 3. The van der Waals surface area contributed by atoms with Crippen molar-refractivity contribution in [3.8, 4) is 6.07 Å². The first-order valence-corrected chi connectivity index (χ1v) is 11.3. The summed E-state index contributed by atoms with van der Waals surface area (Å²) in [6.45, 7) is 0. The Balaban J connectivity index is 1.52. The predicted molar refractivity (Wildman–Crippen MR) is 130 cm³/mol. The lowest BCUT2D eigenvalue weighted by molar-refractivity contribution is 0.102. The molecule has 3 heterocycles. The lowest BCUT2D eigenvalue weighted by Gasteiger charge is -2.23. The Kier molecular flexibility index (Phi) is 6.03. The first-order chi connectivity index (χ1) is 16.7. The van der Waals surface area contributed by atoms with Gasteiger partial charge in [-0.2, -0.15) is 5.26 Å². The highest BCUT2D eigenvalue weighted by molar-refractivity contribution is 6.03. The van der Waals surface area contributed by atoms with Crippen LogP contribution >= 0.6 is 0 Å². The molecular formula is C25H24N8O. The van der Waals surface area contributed by atoms with Gasteiger partial charge in [0.2, 0.25) is 0 Å². The monoisotopic (exact) mass is 452 g/mol. The summed E-state index contributed by atoms with van der Waals surface area (Å²) in [5, 5.41) is 23.7. The smallest absolute Gasteiger partial charge is 0.276 e. The predicted octanol–water partition coefficient (Wildman–Crippen LogP) is 4.74. The Labute approximate surface area is 196 Å². The molecule has 1 aliphatic rings. The maximum atomic E-state index is 13.0. The van der Waals surface area contributed by atoms with Crippen LogP contribution < -0.4 is 16.0 Å². The van der Waals surface area contributed by atoms with E-state index in [2.05, 4.69) is 32.0 Å². The number of nitrogens with one attached hydrogen (secondary N) is 3. The number of nitriles is 1. The van der Waals surface area contributed by atoms with Gasteiger partial charge in [0.25, 0.3) is 5.91 Å². The Morgan fingerprint density at radius 3 is 2.68 bits per heavy atom. The summed E-state index contributed by atoms with van der Waals surface area (Å²) in [5.41, 5.74) is 3.45. The third-order valence-corrected chi connectivity index (χ3v) is 5.87. The van der Waals surface area contributed by atoms with Crippen LogP contribution in [0.5, 0.6) is 0 Å². The Morgan fingerprint density at radius 1 is 1.06 bits per heavy atom. The molecule has 4 aromatic rings. The van der Waals surface area contributed by atoms with Crippen LogP contribution in [0.15, 0.2) is 61.1 Å². The number of rotatable bonds is 6. The van der Waals surface area contributed by atoms with Crippen molar-refractivity contribution < 1.29 is 4.79 Å². The van der Waals surface area contributed by atoms with Gasteiger partial charge in [-0.15, -0.1) is 5.10 Å². The maximum Gasteiger partial charge on any atom is 0.276 e. The zero-order chi connectivity index (χ0) is 23.3. The van der Waals surface area contributed by atoms with E-state index in [-0.39, 0.29) is 5.91 Å². The Hall–Kier alpha value is -4.45. The zero-order valence-corrected chi connectivity index (χ0v) is 18.5. The van der Waals surface area contributed by atoms with Gasteiger partial charge in [0.15, 0.2) is 11.3 Å². The fourth-order valence-electron chi connectivity index (χ4n) is 4.19. The average Bonchev–Trinajstić information content (AvgIpc) is 3.30. The van der Waals surface area contributed by atoms with E-state index in [1.807, 2.05) is 18.2 Å². The molecule has 34 heavy (non-hydrogen) atoms. The van der Waals surface area contributed by atoms with Crippen molar-refractivity contribution >= 4 is 34.4 Å². The maximum absolute atomic E-state index is 13.0. The molecule has 9 heteroatoms. The normalized spacial score (nSPS) is 13.9. The van der Waals surface area contributed by atoms with Crippen LogP contribution in [-0.4, -0.2) is 31.5 Å². The second-order valence-electron chi connectivity index (χ2n) is 8.31. The van der Waals surface area contributed by atoms with E-state index in [0.29, 0.717) is 40.1 Å². The fourth-order valence-corrected chi connectivity index (χ4v) is 4.19. The van der Waals surface area contributed by atoms with Crippen molar-refractivity contribution in [1.82, 2.24) is 19.6 Å². The molecule has 1 saturated carbocycles. The van der Waals surface area contributed by atoms with Gasteiger partial charge < -0.3 is 16.0 Å². The number of fused-ring (bicyclic) bond motifs is 1. The van der Waals surface area contributed by atoms with Crippen LogP contribution in [0.2, 0.25) is 0 Å². The molecule has 5 rings (SSSR count). The van der Waals surface area contributed by atoms with Crippen molar-refractivity contribution in [2.45, 2.75) is 38.1 Å². The highest BCUT2D eigenvalue weighted by atomic mass is 16.2. The van der Waals surface area contributed by atoms with Crippen LogP contribution in [0.25, 0.3) is 5.65 Å². The second kappa shape index (κ2) is 9.58. The number of anilines is 4. The highest BCUT2D eigenvalue weighted by Gasteiger charge is 2.19. The summed E-state index contributed by atoms with van der Waals surface area (Å²) >= 11 is 0. The molecule has 3 N–H and O–H groups in total. The van der Waals surface area contributed by atoms with E-state index in [9.17, 15) is 10.1 Å². The summed E-state index contributed by atoms with van der Waals surface area (Å²) in [7, 11) is 0. The van der Waals surface area contributed by atoms with Gasteiger partial charge in [0.1, 0.15) is 5.82 Å². The summed E-state index contributed by atoms with van der Waals surface area (Å²) < 4.78 is 1.55. The summed E-state index contributed by atoms with van der Waals surface area (Å²) in [6, 6.07) is 15.1. The summed E-state index contributed by atoms with van der Waals surface area (Å²) in [4.78, 5) is 21.5. The van der Waals surface area contributed by atoms with Crippen molar-refractivity contribution in [2.75, 3.05) is 16.0 Å². The third kappa shape index (κ3) is 4.66.